The van der Waals surface area contributed by atoms with Crippen LogP contribution >= 0.6 is 34.2 Å². The van der Waals surface area contributed by atoms with E-state index in [-0.39, 0.29) is 0 Å². The van der Waals surface area contributed by atoms with Crippen LogP contribution in [0.3, 0.4) is 0 Å². The lowest BCUT2D eigenvalue weighted by Gasteiger charge is -2.13. The summed E-state index contributed by atoms with van der Waals surface area (Å²) in [5, 5.41) is 11.0. The number of imidazole rings is 1. The summed E-state index contributed by atoms with van der Waals surface area (Å²) in [6.07, 6.45) is 3.86. The van der Waals surface area contributed by atoms with Gasteiger partial charge in [-0.3, -0.25) is 0 Å². The SMILES string of the molecule is CCCn1ccnc1C(O)c1ccc(I)c(Cl)c1. The average Bonchev–Trinajstić information content (AvgIpc) is 2.80. The van der Waals surface area contributed by atoms with Crippen LogP contribution in [0.4, 0.5) is 0 Å². The Bertz CT molecular complexity index is 542. The Morgan fingerprint density at radius 3 is 2.94 bits per heavy atom. The minimum Gasteiger partial charge on any atom is -0.380 e. The van der Waals surface area contributed by atoms with E-state index in [9.17, 15) is 5.11 Å². The molecule has 1 atom stereocenters. The van der Waals surface area contributed by atoms with Crippen LogP contribution in [0.5, 0.6) is 0 Å². The van der Waals surface area contributed by atoms with Gasteiger partial charge < -0.3 is 9.67 Å². The molecule has 18 heavy (non-hydrogen) atoms. The largest absolute Gasteiger partial charge is 0.380 e. The molecule has 5 heteroatoms. The molecule has 0 bridgehead atoms. The fourth-order valence-corrected chi connectivity index (χ4v) is 2.35. The maximum Gasteiger partial charge on any atom is 0.142 e. The summed E-state index contributed by atoms with van der Waals surface area (Å²) in [5.41, 5.74) is 0.768. The topological polar surface area (TPSA) is 38.0 Å². The predicted octanol–water partition coefficient (Wildman–Crippen LogP) is 3.63. The number of nitrogens with zero attached hydrogens (tertiary/aromatic N) is 2. The second kappa shape index (κ2) is 6.04. The van der Waals surface area contributed by atoms with E-state index in [1.54, 1.807) is 12.3 Å². The number of rotatable bonds is 4. The number of aryl methyl sites for hydroxylation is 1. The highest BCUT2D eigenvalue weighted by Gasteiger charge is 2.16. The molecular formula is C13H14ClIN2O. The van der Waals surface area contributed by atoms with Gasteiger partial charge in [-0.25, -0.2) is 4.98 Å². The Labute approximate surface area is 125 Å². The smallest absolute Gasteiger partial charge is 0.142 e. The van der Waals surface area contributed by atoms with E-state index < -0.39 is 6.10 Å². The molecule has 0 saturated heterocycles. The molecule has 0 amide bonds. The van der Waals surface area contributed by atoms with Gasteiger partial charge in [-0.2, -0.15) is 0 Å². The van der Waals surface area contributed by atoms with E-state index in [2.05, 4.69) is 34.5 Å². The molecule has 0 aliphatic heterocycles. The lowest BCUT2D eigenvalue weighted by atomic mass is 10.1. The molecule has 2 aromatic rings. The van der Waals surface area contributed by atoms with E-state index in [1.165, 1.54) is 0 Å². The van der Waals surface area contributed by atoms with Crippen molar-refractivity contribution in [2.45, 2.75) is 26.0 Å². The summed E-state index contributed by atoms with van der Waals surface area (Å²) in [5.74, 6) is 0.661. The number of halogens is 2. The third kappa shape index (κ3) is 2.87. The summed E-state index contributed by atoms with van der Waals surface area (Å²) in [6, 6.07) is 5.57. The van der Waals surface area contributed by atoms with Crippen LogP contribution in [0.2, 0.25) is 5.02 Å². The van der Waals surface area contributed by atoms with Gasteiger partial charge in [0, 0.05) is 22.5 Å². The maximum absolute atomic E-state index is 10.4. The van der Waals surface area contributed by atoms with E-state index in [4.69, 9.17) is 11.6 Å². The van der Waals surface area contributed by atoms with Gasteiger partial charge in [-0.1, -0.05) is 24.6 Å². The highest BCUT2D eigenvalue weighted by molar-refractivity contribution is 14.1. The molecule has 1 unspecified atom stereocenters. The average molecular weight is 377 g/mol. The Morgan fingerprint density at radius 2 is 2.28 bits per heavy atom. The van der Waals surface area contributed by atoms with Gasteiger partial charge in [0.25, 0.3) is 0 Å². The highest BCUT2D eigenvalue weighted by atomic mass is 127. The number of aromatic nitrogens is 2. The molecule has 0 spiro atoms. The van der Waals surface area contributed by atoms with Crippen LogP contribution in [-0.2, 0) is 6.54 Å². The second-order valence-corrected chi connectivity index (χ2v) is 5.62. The molecule has 0 radical (unpaired) electrons. The Hall–Kier alpha value is -0.590. The van der Waals surface area contributed by atoms with Crippen LogP contribution in [0, 0.1) is 3.57 Å². The molecule has 0 fully saturated rings. The van der Waals surface area contributed by atoms with Crippen molar-refractivity contribution < 1.29 is 5.11 Å². The number of aliphatic hydroxyl groups is 1. The first kappa shape index (κ1) is 13.8. The van der Waals surface area contributed by atoms with Crippen molar-refractivity contribution in [1.82, 2.24) is 9.55 Å². The van der Waals surface area contributed by atoms with Crippen molar-refractivity contribution in [3.8, 4) is 0 Å². The zero-order chi connectivity index (χ0) is 13.1. The highest BCUT2D eigenvalue weighted by Crippen LogP contribution is 2.26. The third-order valence-electron chi connectivity index (χ3n) is 2.72. The van der Waals surface area contributed by atoms with Gasteiger partial charge >= 0.3 is 0 Å². The van der Waals surface area contributed by atoms with E-state index in [1.807, 2.05) is 22.9 Å². The molecule has 0 saturated carbocycles. The first-order chi connectivity index (χ1) is 8.63. The minimum absolute atomic E-state index is 0.653. The number of hydrogen-bond acceptors (Lipinski definition) is 2. The fraction of sp³-hybridized carbons (Fsp3) is 0.308. The van der Waals surface area contributed by atoms with Crippen molar-refractivity contribution in [2.24, 2.45) is 0 Å². The lowest BCUT2D eigenvalue weighted by molar-refractivity contribution is 0.204. The number of benzene rings is 1. The van der Waals surface area contributed by atoms with Crippen LogP contribution in [0.15, 0.2) is 30.6 Å². The van der Waals surface area contributed by atoms with Crippen molar-refractivity contribution in [3.05, 3.63) is 50.6 Å². The lowest BCUT2D eigenvalue weighted by Crippen LogP contribution is -2.09. The summed E-state index contributed by atoms with van der Waals surface area (Å²) in [6.45, 7) is 2.95. The third-order valence-corrected chi connectivity index (χ3v) is 4.29. The molecule has 3 nitrogen and oxygen atoms in total. The summed E-state index contributed by atoms with van der Waals surface area (Å²) >= 11 is 8.24. The normalized spacial score (nSPS) is 12.7. The summed E-state index contributed by atoms with van der Waals surface area (Å²) in [4.78, 5) is 4.23. The maximum atomic E-state index is 10.4. The van der Waals surface area contributed by atoms with Crippen LogP contribution in [-0.4, -0.2) is 14.7 Å². The second-order valence-electron chi connectivity index (χ2n) is 4.05. The number of hydrogen-bond donors (Lipinski definition) is 1. The van der Waals surface area contributed by atoms with Gasteiger partial charge in [0.1, 0.15) is 11.9 Å². The van der Waals surface area contributed by atoms with E-state index in [0.717, 1.165) is 22.1 Å². The van der Waals surface area contributed by atoms with Crippen molar-refractivity contribution in [3.63, 3.8) is 0 Å². The van der Waals surface area contributed by atoms with Crippen LogP contribution in [0.1, 0.15) is 30.8 Å². The Kier molecular flexibility index (Phi) is 4.64. The summed E-state index contributed by atoms with van der Waals surface area (Å²) < 4.78 is 2.94. The van der Waals surface area contributed by atoms with Gasteiger partial charge in [0.2, 0.25) is 0 Å². The molecule has 0 aliphatic rings. The van der Waals surface area contributed by atoms with Gasteiger partial charge in [0.05, 0.1) is 5.02 Å². The fourth-order valence-electron chi connectivity index (χ4n) is 1.83. The van der Waals surface area contributed by atoms with Gasteiger partial charge in [-0.05, 0) is 46.7 Å². The molecule has 1 aromatic carbocycles. The van der Waals surface area contributed by atoms with Gasteiger partial charge in [-0.15, -0.1) is 0 Å². The minimum atomic E-state index is -0.735. The van der Waals surface area contributed by atoms with Crippen molar-refractivity contribution >= 4 is 34.2 Å². The number of aliphatic hydroxyl groups excluding tert-OH is 1. The molecule has 2 rings (SSSR count). The first-order valence-electron chi connectivity index (χ1n) is 5.77. The molecular weight excluding hydrogens is 363 g/mol. The Balaban J connectivity index is 2.32. The zero-order valence-corrected chi connectivity index (χ0v) is 12.9. The molecule has 96 valence electrons. The monoisotopic (exact) mass is 376 g/mol. The first-order valence-corrected chi connectivity index (χ1v) is 7.23. The van der Waals surface area contributed by atoms with Gasteiger partial charge in [0.15, 0.2) is 0 Å². The van der Waals surface area contributed by atoms with Crippen molar-refractivity contribution in [2.75, 3.05) is 0 Å². The predicted molar refractivity (Wildman–Crippen MR) is 80.7 cm³/mol. The van der Waals surface area contributed by atoms with E-state index >= 15 is 0 Å². The molecule has 0 aliphatic carbocycles. The zero-order valence-electron chi connectivity index (χ0n) is 9.98. The quantitative estimate of drug-likeness (QED) is 0.828. The molecule has 1 heterocycles. The van der Waals surface area contributed by atoms with Crippen LogP contribution < -0.4 is 0 Å². The molecule has 1 aromatic heterocycles. The standard InChI is InChI=1S/C13H14ClIN2O/c1-2-6-17-7-5-16-13(17)12(18)9-3-4-11(15)10(14)8-9/h3-5,7-8,12,18H,2,6H2,1H3. The Morgan fingerprint density at radius 1 is 1.50 bits per heavy atom. The van der Waals surface area contributed by atoms with E-state index in [0.29, 0.717) is 10.8 Å². The summed E-state index contributed by atoms with van der Waals surface area (Å²) in [7, 11) is 0. The van der Waals surface area contributed by atoms with Crippen LogP contribution in [0.25, 0.3) is 0 Å². The van der Waals surface area contributed by atoms with Crippen molar-refractivity contribution in [1.29, 1.82) is 0 Å². The molecule has 1 N–H and O–H groups in total.